The summed E-state index contributed by atoms with van der Waals surface area (Å²) in [5.41, 5.74) is 0.649. The molecule has 0 spiro atoms. The van der Waals surface area contributed by atoms with E-state index in [4.69, 9.17) is 0 Å². The number of fused-ring (bicyclic) bond motifs is 4. The number of phenols is 2. The van der Waals surface area contributed by atoms with Crippen LogP contribution >= 0.6 is 0 Å². The second-order valence-electron chi connectivity index (χ2n) is 5.97. The lowest BCUT2D eigenvalue weighted by Gasteiger charge is -2.26. The minimum absolute atomic E-state index is 0.0538. The lowest BCUT2D eigenvalue weighted by molar-refractivity contribution is 0.0969. The normalized spacial score (nSPS) is 15.9. The van der Waals surface area contributed by atoms with Crippen LogP contribution in [0.15, 0.2) is 18.2 Å². The van der Waals surface area contributed by atoms with Crippen molar-refractivity contribution in [2.75, 3.05) is 0 Å². The first-order valence-electron chi connectivity index (χ1n) is 7.49. The maximum absolute atomic E-state index is 14.5. The van der Waals surface area contributed by atoms with Crippen molar-refractivity contribution in [1.82, 2.24) is 0 Å². The van der Waals surface area contributed by atoms with Crippen molar-refractivity contribution >= 4 is 11.6 Å². The van der Waals surface area contributed by atoms with E-state index < -0.39 is 23.1 Å². The van der Waals surface area contributed by atoms with Gasteiger partial charge in [0.1, 0.15) is 17.3 Å². The molecule has 0 amide bonds. The molecule has 4 nitrogen and oxygen atoms in total. The molecule has 0 atom stereocenters. The minimum atomic E-state index is -0.756. The predicted molar refractivity (Wildman–Crippen MR) is 79.7 cm³/mol. The zero-order valence-corrected chi connectivity index (χ0v) is 12.1. The number of hydrogen-bond acceptors (Lipinski definition) is 4. The van der Waals surface area contributed by atoms with E-state index in [1.807, 2.05) is 0 Å². The van der Waals surface area contributed by atoms with Crippen LogP contribution in [0.4, 0.5) is 4.39 Å². The third kappa shape index (κ3) is 1.76. The summed E-state index contributed by atoms with van der Waals surface area (Å²) in [5, 5.41) is 19.9. The van der Waals surface area contributed by atoms with Gasteiger partial charge >= 0.3 is 0 Å². The molecule has 0 aliphatic heterocycles. The molecule has 0 radical (unpaired) electrons. The van der Waals surface area contributed by atoms with Crippen molar-refractivity contribution in [1.29, 1.82) is 0 Å². The zero-order chi connectivity index (χ0) is 16.3. The molecule has 2 aliphatic carbocycles. The van der Waals surface area contributed by atoms with Gasteiger partial charge in [0.05, 0.1) is 16.7 Å². The second-order valence-corrected chi connectivity index (χ2v) is 5.97. The highest BCUT2D eigenvalue weighted by molar-refractivity contribution is 6.30. The number of ketones is 2. The Labute approximate surface area is 131 Å². The van der Waals surface area contributed by atoms with Gasteiger partial charge in [-0.3, -0.25) is 9.59 Å². The average Bonchev–Trinajstić information content (AvgIpc) is 2.53. The summed E-state index contributed by atoms with van der Waals surface area (Å²) in [7, 11) is 0. The molecule has 0 saturated heterocycles. The van der Waals surface area contributed by atoms with Gasteiger partial charge in [-0.05, 0) is 55.0 Å². The van der Waals surface area contributed by atoms with Crippen LogP contribution in [-0.2, 0) is 12.8 Å². The highest BCUT2D eigenvalue weighted by Gasteiger charge is 2.39. The Morgan fingerprint density at radius 3 is 2.04 bits per heavy atom. The van der Waals surface area contributed by atoms with Crippen LogP contribution in [0.5, 0.6) is 11.5 Å². The van der Waals surface area contributed by atoms with E-state index in [0.717, 1.165) is 30.5 Å². The first-order chi connectivity index (χ1) is 11.0. The number of aryl methyl sites for hydroxylation is 1. The third-order valence-corrected chi connectivity index (χ3v) is 4.67. The predicted octanol–water partition coefficient (Wildman–Crippen LogP) is 2.89. The quantitative estimate of drug-likeness (QED) is 0.626. The molecular weight excluding hydrogens is 299 g/mol. The van der Waals surface area contributed by atoms with Gasteiger partial charge in [-0.1, -0.05) is 0 Å². The zero-order valence-electron chi connectivity index (χ0n) is 12.1. The van der Waals surface area contributed by atoms with Gasteiger partial charge in [-0.2, -0.15) is 0 Å². The molecule has 0 fully saturated rings. The van der Waals surface area contributed by atoms with Gasteiger partial charge in [-0.15, -0.1) is 0 Å². The van der Waals surface area contributed by atoms with Crippen molar-refractivity contribution in [2.24, 2.45) is 0 Å². The number of carbonyl (C=O) groups is 2. The number of halogens is 1. The fraction of sp³-hybridized carbons (Fsp3) is 0.222. The van der Waals surface area contributed by atoms with Gasteiger partial charge in [0.25, 0.3) is 0 Å². The summed E-state index contributed by atoms with van der Waals surface area (Å²) >= 11 is 0. The Hall–Kier alpha value is -2.69. The number of carbonyl (C=O) groups excluding carboxylic acids is 2. The molecule has 0 bridgehead atoms. The fourth-order valence-corrected chi connectivity index (χ4v) is 3.63. The summed E-state index contributed by atoms with van der Waals surface area (Å²) in [4.78, 5) is 25.5. The Morgan fingerprint density at radius 1 is 0.826 bits per heavy atom. The molecule has 0 unspecified atom stereocenters. The van der Waals surface area contributed by atoms with Crippen LogP contribution in [-0.4, -0.2) is 21.8 Å². The molecule has 0 aromatic heterocycles. The first kappa shape index (κ1) is 13.9. The van der Waals surface area contributed by atoms with Crippen LogP contribution in [0.1, 0.15) is 55.8 Å². The molecule has 4 rings (SSSR count). The van der Waals surface area contributed by atoms with Crippen molar-refractivity contribution in [2.45, 2.75) is 25.7 Å². The molecule has 2 aliphatic rings. The summed E-state index contributed by atoms with van der Waals surface area (Å²) < 4.78 is 14.5. The highest BCUT2D eigenvalue weighted by atomic mass is 19.1. The minimum Gasteiger partial charge on any atom is -0.507 e. The second kappa shape index (κ2) is 4.65. The number of hydrogen-bond donors (Lipinski definition) is 2. The summed E-state index contributed by atoms with van der Waals surface area (Å²) in [6.45, 7) is 0. The van der Waals surface area contributed by atoms with Crippen molar-refractivity contribution < 1.29 is 24.2 Å². The molecule has 116 valence electrons. The van der Waals surface area contributed by atoms with E-state index >= 15 is 0 Å². The number of rotatable bonds is 0. The van der Waals surface area contributed by atoms with Crippen LogP contribution in [0, 0.1) is 5.82 Å². The smallest absolute Gasteiger partial charge is 0.201 e. The summed E-state index contributed by atoms with van der Waals surface area (Å²) in [5.74, 6) is -2.91. The molecule has 2 aromatic rings. The monoisotopic (exact) mass is 312 g/mol. The molecule has 2 N–H and O–H groups in total. The largest absolute Gasteiger partial charge is 0.507 e. The fourth-order valence-electron chi connectivity index (χ4n) is 3.63. The van der Waals surface area contributed by atoms with Gasteiger partial charge in [-0.25, -0.2) is 4.39 Å². The Kier molecular flexibility index (Phi) is 2.82. The van der Waals surface area contributed by atoms with E-state index in [1.165, 1.54) is 6.07 Å². The Bertz CT molecular complexity index is 899. The summed E-state index contributed by atoms with van der Waals surface area (Å²) in [6, 6.07) is 3.61. The molecule has 0 saturated carbocycles. The van der Waals surface area contributed by atoms with Crippen LogP contribution in [0.2, 0.25) is 0 Å². The van der Waals surface area contributed by atoms with E-state index in [0.29, 0.717) is 18.4 Å². The van der Waals surface area contributed by atoms with E-state index in [9.17, 15) is 24.2 Å². The molecule has 5 heteroatoms. The maximum atomic E-state index is 14.5. The van der Waals surface area contributed by atoms with Gasteiger partial charge in [0.2, 0.25) is 5.78 Å². The first-order valence-corrected chi connectivity index (χ1v) is 7.49. The topological polar surface area (TPSA) is 74.6 Å². The SMILES string of the molecule is O=C1c2c(O)ccc(O)c2C(=O)c2c3c(cc(F)c21)CCCC3. The molecular formula is C18H13FO4. The molecule has 0 heterocycles. The number of benzene rings is 2. The van der Waals surface area contributed by atoms with Crippen LogP contribution < -0.4 is 0 Å². The van der Waals surface area contributed by atoms with Crippen molar-refractivity contribution in [3.63, 3.8) is 0 Å². The highest BCUT2D eigenvalue weighted by Crippen LogP contribution is 2.41. The van der Waals surface area contributed by atoms with Gasteiger partial charge < -0.3 is 10.2 Å². The standard InChI is InChI=1S/C18H13FO4/c19-10-7-8-3-1-2-4-9(8)13-14(10)18(23)16-12(21)6-5-11(20)15(16)17(13)22/h5-7,20-21H,1-4H2. The molecule has 2 aromatic carbocycles. The molecule has 23 heavy (non-hydrogen) atoms. The lowest BCUT2D eigenvalue weighted by atomic mass is 9.76. The van der Waals surface area contributed by atoms with E-state index in [2.05, 4.69) is 0 Å². The van der Waals surface area contributed by atoms with Crippen LogP contribution in [0.25, 0.3) is 0 Å². The van der Waals surface area contributed by atoms with Gasteiger partial charge in [0, 0.05) is 5.56 Å². The third-order valence-electron chi connectivity index (χ3n) is 4.67. The summed E-state index contributed by atoms with van der Waals surface area (Å²) in [6.07, 6.45) is 3.05. The van der Waals surface area contributed by atoms with Gasteiger partial charge in [0.15, 0.2) is 5.78 Å². The maximum Gasteiger partial charge on any atom is 0.201 e. The Balaban J connectivity index is 2.10. The van der Waals surface area contributed by atoms with E-state index in [-0.39, 0.29) is 28.0 Å². The average molecular weight is 312 g/mol. The van der Waals surface area contributed by atoms with Crippen molar-refractivity contribution in [3.05, 3.63) is 57.4 Å². The number of aromatic hydroxyl groups is 2. The lowest BCUT2D eigenvalue weighted by Crippen LogP contribution is -2.26. The van der Waals surface area contributed by atoms with E-state index in [1.54, 1.807) is 0 Å². The Morgan fingerprint density at radius 2 is 1.39 bits per heavy atom. The van der Waals surface area contributed by atoms with Crippen LogP contribution in [0.3, 0.4) is 0 Å². The number of phenolic OH excluding ortho intramolecular Hbond substituents is 2. The van der Waals surface area contributed by atoms with Crippen molar-refractivity contribution in [3.8, 4) is 11.5 Å².